The van der Waals surface area contributed by atoms with Gasteiger partial charge in [-0.1, -0.05) is 64.0 Å². The molecule has 2 aromatic rings. The highest BCUT2D eigenvalue weighted by atomic mass is 35.5. The van der Waals surface area contributed by atoms with Crippen molar-refractivity contribution in [2.75, 3.05) is 0 Å². The lowest BCUT2D eigenvalue weighted by atomic mass is 10.1. The number of carbonyl (C=O) groups excluding carboxylic acids is 1. The van der Waals surface area contributed by atoms with Crippen LogP contribution in [-0.4, -0.2) is 15.2 Å². The first-order valence-corrected chi connectivity index (χ1v) is 9.70. The van der Waals surface area contributed by atoms with E-state index in [9.17, 15) is 4.79 Å². The van der Waals surface area contributed by atoms with E-state index in [2.05, 4.69) is 16.9 Å². The first kappa shape index (κ1) is 19.6. The third-order valence-electron chi connectivity index (χ3n) is 4.37. The summed E-state index contributed by atoms with van der Waals surface area (Å²) in [5.41, 5.74) is 2.47. The van der Waals surface area contributed by atoms with Crippen molar-refractivity contribution in [3.63, 3.8) is 0 Å². The molecule has 0 aliphatic carbocycles. The summed E-state index contributed by atoms with van der Waals surface area (Å²) in [4.78, 5) is 20.1. The van der Waals surface area contributed by atoms with E-state index in [1.165, 1.54) is 51.4 Å². The van der Waals surface area contributed by atoms with Crippen molar-refractivity contribution in [2.24, 2.45) is 0 Å². The number of hydrogen-bond donors (Lipinski definition) is 0. The summed E-state index contributed by atoms with van der Waals surface area (Å²) in [6.07, 6.45) is 13.3. The van der Waals surface area contributed by atoms with Crippen LogP contribution < -0.4 is 0 Å². The molecule has 0 aliphatic rings. The molecule has 25 heavy (non-hydrogen) atoms. The molecule has 0 atom stereocenters. The van der Waals surface area contributed by atoms with Crippen molar-refractivity contribution in [3.8, 4) is 11.4 Å². The number of hydrogen-bond acceptors (Lipinski definition) is 3. The van der Waals surface area contributed by atoms with Crippen molar-refractivity contribution in [2.45, 2.75) is 64.7 Å². The molecule has 3 nitrogen and oxygen atoms in total. The fourth-order valence-electron chi connectivity index (χ4n) is 2.86. The average molecular weight is 359 g/mol. The molecule has 0 unspecified atom stereocenters. The summed E-state index contributed by atoms with van der Waals surface area (Å²) < 4.78 is 0. The van der Waals surface area contributed by atoms with E-state index in [1.54, 1.807) is 12.1 Å². The maximum Gasteiger partial charge on any atom is 0.252 e. The van der Waals surface area contributed by atoms with Crippen LogP contribution in [-0.2, 0) is 6.42 Å². The topological polar surface area (TPSA) is 42.9 Å². The Labute approximate surface area is 155 Å². The van der Waals surface area contributed by atoms with Gasteiger partial charge in [0.05, 0.1) is 0 Å². The highest BCUT2D eigenvalue weighted by Gasteiger charge is 2.05. The predicted octanol–water partition coefficient (Wildman–Crippen LogP) is 6.21. The first-order chi connectivity index (χ1) is 12.2. The maximum atomic E-state index is 11.1. The fourth-order valence-corrected chi connectivity index (χ4v) is 2.99. The van der Waals surface area contributed by atoms with Gasteiger partial charge in [0.1, 0.15) is 0 Å². The summed E-state index contributed by atoms with van der Waals surface area (Å²) in [6.45, 7) is 2.25. The minimum absolute atomic E-state index is 0.448. The van der Waals surface area contributed by atoms with E-state index in [4.69, 9.17) is 11.6 Å². The quantitative estimate of drug-likeness (QED) is 0.354. The van der Waals surface area contributed by atoms with Crippen molar-refractivity contribution >= 4 is 16.8 Å². The standard InChI is InChI=1S/C21H27ClN2O/c1-2-3-4-5-6-7-8-9-10-19-15-16-23-21(24-19)18-13-11-17(12-14-18)20(22)25/h11-16H,2-10H2,1H3. The molecular weight excluding hydrogens is 332 g/mol. The molecular formula is C21H27ClN2O. The molecule has 0 N–H and O–H groups in total. The zero-order chi connectivity index (χ0) is 17.9. The van der Waals surface area contributed by atoms with Crippen molar-refractivity contribution in [1.82, 2.24) is 9.97 Å². The largest absolute Gasteiger partial charge is 0.276 e. The van der Waals surface area contributed by atoms with Gasteiger partial charge in [-0.15, -0.1) is 0 Å². The molecule has 1 aromatic heterocycles. The molecule has 134 valence electrons. The molecule has 0 radical (unpaired) electrons. The van der Waals surface area contributed by atoms with Crippen molar-refractivity contribution in [3.05, 3.63) is 47.8 Å². The minimum atomic E-state index is -0.448. The van der Waals surface area contributed by atoms with Crippen LogP contribution in [0.1, 0.15) is 74.3 Å². The number of halogens is 1. The molecule has 2 rings (SSSR count). The van der Waals surface area contributed by atoms with E-state index in [0.29, 0.717) is 11.4 Å². The number of benzene rings is 1. The van der Waals surface area contributed by atoms with Gasteiger partial charge in [-0.05, 0) is 42.6 Å². The Morgan fingerprint density at radius 3 is 2.20 bits per heavy atom. The van der Waals surface area contributed by atoms with E-state index in [1.807, 2.05) is 24.4 Å². The van der Waals surface area contributed by atoms with E-state index in [-0.39, 0.29) is 0 Å². The van der Waals surface area contributed by atoms with Crippen LogP contribution in [0.2, 0.25) is 0 Å². The summed E-state index contributed by atoms with van der Waals surface area (Å²) in [7, 11) is 0. The monoisotopic (exact) mass is 358 g/mol. The van der Waals surface area contributed by atoms with Crippen LogP contribution in [0.15, 0.2) is 36.5 Å². The smallest absolute Gasteiger partial charge is 0.252 e. The summed E-state index contributed by atoms with van der Waals surface area (Å²) in [5, 5.41) is -0.448. The van der Waals surface area contributed by atoms with E-state index in [0.717, 1.165) is 17.7 Å². The summed E-state index contributed by atoms with van der Waals surface area (Å²) in [6, 6.07) is 9.08. The molecule has 1 aromatic carbocycles. The lowest BCUT2D eigenvalue weighted by molar-refractivity contribution is 0.108. The lowest BCUT2D eigenvalue weighted by Gasteiger charge is -2.05. The molecule has 0 amide bonds. The molecule has 4 heteroatoms. The molecule has 0 saturated heterocycles. The van der Waals surface area contributed by atoms with Crippen LogP contribution in [0.4, 0.5) is 0 Å². The van der Waals surface area contributed by atoms with Crippen LogP contribution >= 0.6 is 11.6 Å². The molecule has 0 bridgehead atoms. The average Bonchev–Trinajstić information content (AvgIpc) is 2.64. The van der Waals surface area contributed by atoms with Gasteiger partial charge in [0.15, 0.2) is 5.82 Å². The number of rotatable bonds is 11. The van der Waals surface area contributed by atoms with Crippen LogP contribution in [0, 0.1) is 0 Å². The molecule has 1 heterocycles. The zero-order valence-corrected chi connectivity index (χ0v) is 15.8. The maximum absolute atomic E-state index is 11.1. The van der Waals surface area contributed by atoms with Crippen molar-refractivity contribution in [1.29, 1.82) is 0 Å². The Hall–Kier alpha value is -1.74. The fraction of sp³-hybridized carbons (Fsp3) is 0.476. The second kappa shape index (κ2) is 11.0. The normalized spacial score (nSPS) is 10.8. The van der Waals surface area contributed by atoms with Gasteiger partial charge >= 0.3 is 0 Å². The minimum Gasteiger partial charge on any atom is -0.276 e. The van der Waals surface area contributed by atoms with E-state index < -0.39 is 5.24 Å². The van der Waals surface area contributed by atoms with Crippen molar-refractivity contribution < 1.29 is 4.79 Å². The van der Waals surface area contributed by atoms with Gasteiger partial charge < -0.3 is 0 Å². The molecule has 0 spiro atoms. The lowest BCUT2D eigenvalue weighted by Crippen LogP contribution is -1.96. The van der Waals surface area contributed by atoms with Gasteiger partial charge in [0.2, 0.25) is 0 Å². The zero-order valence-electron chi connectivity index (χ0n) is 15.0. The van der Waals surface area contributed by atoms with Gasteiger partial charge in [0.25, 0.3) is 5.24 Å². The second-order valence-electron chi connectivity index (χ2n) is 6.45. The Morgan fingerprint density at radius 1 is 0.920 bits per heavy atom. The number of aromatic nitrogens is 2. The Balaban J connectivity index is 1.80. The Bertz CT molecular complexity index is 655. The van der Waals surface area contributed by atoms with Gasteiger partial charge in [-0.3, -0.25) is 4.79 Å². The van der Waals surface area contributed by atoms with Gasteiger partial charge in [-0.25, -0.2) is 9.97 Å². The molecule has 0 saturated carbocycles. The first-order valence-electron chi connectivity index (χ1n) is 9.33. The predicted molar refractivity (Wildman–Crippen MR) is 104 cm³/mol. The van der Waals surface area contributed by atoms with Gasteiger partial charge in [-0.2, -0.15) is 0 Å². The summed E-state index contributed by atoms with van der Waals surface area (Å²) in [5.74, 6) is 0.700. The van der Waals surface area contributed by atoms with Crippen LogP contribution in [0.25, 0.3) is 11.4 Å². The summed E-state index contributed by atoms with van der Waals surface area (Å²) >= 11 is 5.47. The number of nitrogens with zero attached hydrogens (tertiary/aromatic N) is 2. The third-order valence-corrected chi connectivity index (χ3v) is 4.59. The Morgan fingerprint density at radius 2 is 1.56 bits per heavy atom. The SMILES string of the molecule is CCCCCCCCCCc1ccnc(-c2ccc(C(=O)Cl)cc2)n1. The highest BCUT2D eigenvalue weighted by Crippen LogP contribution is 2.17. The number of unbranched alkanes of at least 4 members (excludes halogenated alkanes) is 7. The van der Waals surface area contributed by atoms with E-state index >= 15 is 0 Å². The Kier molecular flexibility index (Phi) is 8.61. The molecule has 0 fully saturated rings. The number of carbonyl (C=O) groups is 1. The molecule has 0 aliphatic heterocycles. The van der Waals surface area contributed by atoms with Gasteiger partial charge in [0, 0.05) is 23.0 Å². The van der Waals surface area contributed by atoms with Crippen LogP contribution in [0.5, 0.6) is 0 Å². The third kappa shape index (κ3) is 6.95. The highest BCUT2D eigenvalue weighted by molar-refractivity contribution is 6.67. The van der Waals surface area contributed by atoms with Crippen LogP contribution in [0.3, 0.4) is 0 Å². The second-order valence-corrected chi connectivity index (χ2v) is 6.79. The number of aryl methyl sites for hydroxylation is 1.